The first-order valence-electron chi connectivity index (χ1n) is 9.56. The minimum absolute atomic E-state index is 0.262. The second-order valence-electron chi connectivity index (χ2n) is 6.64. The van der Waals surface area contributed by atoms with E-state index >= 15 is 0 Å². The summed E-state index contributed by atoms with van der Waals surface area (Å²) < 4.78 is 5.44. The summed E-state index contributed by atoms with van der Waals surface area (Å²) in [5.74, 6) is 0.863. The molecule has 1 heterocycles. The Kier molecular flexibility index (Phi) is 11.3. The second-order valence-corrected chi connectivity index (χ2v) is 7.88. The molecule has 0 bridgehead atoms. The molecule has 0 radical (unpaired) electrons. The maximum atomic E-state index is 11.9. The molecule has 0 N–H and O–H groups in total. The van der Waals surface area contributed by atoms with Gasteiger partial charge < -0.3 is 4.74 Å². The lowest BCUT2D eigenvalue weighted by atomic mass is 10.0. The summed E-state index contributed by atoms with van der Waals surface area (Å²) >= 11 is 1.42. The van der Waals surface area contributed by atoms with E-state index in [-0.39, 0.29) is 10.7 Å². The van der Waals surface area contributed by atoms with E-state index in [9.17, 15) is 4.79 Å². The van der Waals surface area contributed by atoms with E-state index in [1.165, 1.54) is 82.4 Å². The Balaban J connectivity index is 1.83. The van der Waals surface area contributed by atoms with Crippen molar-refractivity contribution >= 4 is 16.9 Å². The summed E-state index contributed by atoms with van der Waals surface area (Å²) in [5, 5.41) is 0.262. The molecule has 1 fully saturated rings. The molecule has 0 aromatic heterocycles. The summed E-state index contributed by atoms with van der Waals surface area (Å²) in [7, 11) is 0. The average Bonchev–Trinajstić information content (AvgIpc) is 3.30. The average molecular weight is 329 g/mol. The molecule has 1 aliphatic rings. The van der Waals surface area contributed by atoms with Crippen LogP contribution in [0.3, 0.4) is 0 Å². The molecule has 0 amide bonds. The van der Waals surface area contributed by atoms with E-state index in [4.69, 9.17) is 4.74 Å². The van der Waals surface area contributed by atoms with Gasteiger partial charge in [0.25, 0.3) is 0 Å². The van der Waals surface area contributed by atoms with Crippen molar-refractivity contribution in [3.8, 4) is 0 Å². The number of hydrogen-bond acceptors (Lipinski definition) is 3. The highest BCUT2D eigenvalue weighted by Crippen LogP contribution is 2.37. The molecule has 0 saturated carbocycles. The van der Waals surface area contributed by atoms with Gasteiger partial charge in [-0.05, 0) is 18.6 Å². The topological polar surface area (TPSA) is 29.6 Å². The highest BCUT2D eigenvalue weighted by molar-refractivity contribution is 8.13. The normalized spacial score (nSPS) is 20.3. The number of carbonyl (C=O) groups excluding carboxylic acids is 1. The van der Waals surface area contributed by atoms with E-state index < -0.39 is 0 Å². The van der Waals surface area contributed by atoms with Crippen molar-refractivity contribution in [1.82, 2.24) is 0 Å². The third kappa shape index (κ3) is 8.57. The first-order chi connectivity index (χ1) is 10.7. The Morgan fingerprint density at radius 3 is 1.73 bits per heavy atom. The van der Waals surface area contributed by atoms with Gasteiger partial charge in [-0.1, -0.05) is 96.2 Å². The molecule has 1 rings (SSSR count). The van der Waals surface area contributed by atoms with Gasteiger partial charge in [0.15, 0.2) is 5.60 Å². The smallest absolute Gasteiger partial charge is 0.223 e. The fourth-order valence-electron chi connectivity index (χ4n) is 2.97. The van der Waals surface area contributed by atoms with Crippen LogP contribution in [0.15, 0.2) is 0 Å². The number of rotatable bonds is 15. The summed E-state index contributed by atoms with van der Waals surface area (Å²) in [6.07, 6.45) is 17.3. The zero-order valence-electron chi connectivity index (χ0n) is 14.8. The fourth-order valence-corrected chi connectivity index (χ4v) is 3.71. The number of carbonyl (C=O) groups is 1. The largest absolute Gasteiger partial charge is 0.360 e. The van der Waals surface area contributed by atoms with Crippen molar-refractivity contribution in [1.29, 1.82) is 0 Å². The van der Waals surface area contributed by atoms with Crippen LogP contribution in [-0.4, -0.2) is 23.1 Å². The quantitative estimate of drug-likeness (QED) is 0.268. The lowest BCUT2D eigenvalue weighted by Crippen LogP contribution is -2.21. The number of ether oxygens (including phenoxy) is 1. The zero-order valence-corrected chi connectivity index (χ0v) is 15.6. The van der Waals surface area contributed by atoms with Crippen LogP contribution in [0.2, 0.25) is 0 Å². The van der Waals surface area contributed by atoms with Crippen LogP contribution in [-0.2, 0) is 9.53 Å². The Labute approximate surface area is 142 Å². The molecule has 22 heavy (non-hydrogen) atoms. The fraction of sp³-hybridized carbons (Fsp3) is 0.947. The van der Waals surface area contributed by atoms with Gasteiger partial charge in [-0.3, -0.25) is 4.79 Å². The summed E-state index contributed by atoms with van der Waals surface area (Å²) in [6.45, 7) is 4.97. The molecule has 0 aromatic rings. The molecule has 1 atom stereocenters. The van der Waals surface area contributed by atoms with Gasteiger partial charge in [0.2, 0.25) is 5.12 Å². The molecular weight excluding hydrogens is 292 g/mol. The van der Waals surface area contributed by atoms with Gasteiger partial charge in [0, 0.05) is 0 Å². The maximum absolute atomic E-state index is 11.9. The molecule has 1 saturated heterocycles. The van der Waals surface area contributed by atoms with E-state index in [1.807, 2.05) is 6.92 Å². The Morgan fingerprint density at radius 1 is 0.864 bits per heavy atom. The van der Waals surface area contributed by atoms with E-state index in [0.717, 1.165) is 18.6 Å². The van der Waals surface area contributed by atoms with Crippen molar-refractivity contribution in [2.45, 2.75) is 103 Å². The summed E-state index contributed by atoms with van der Waals surface area (Å²) in [6, 6.07) is 0. The van der Waals surface area contributed by atoms with Gasteiger partial charge >= 0.3 is 0 Å². The lowest BCUT2D eigenvalue weighted by molar-refractivity contribution is -0.115. The SMILES string of the molecule is CCCCCCCCCCCCCCC1(C(=O)SCC)CO1. The molecule has 2 nitrogen and oxygen atoms in total. The van der Waals surface area contributed by atoms with Crippen LogP contribution >= 0.6 is 11.8 Å². The van der Waals surface area contributed by atoms with E-state index in [1.54, 1.807) is 0 Å². The number of unbranched alkanes of at least 4 members (excludes halogenated alkanes) is 11. The Hall–Kier alpha value is -0.0200. The molecule has 1 aliphatic heterocycles. The predicted octanol–water partition coefficient (Wildman–Crippen LogP) is 6.13. The number of hydrogen-bond donors (Lipinski definition) is 0. The van der Waals surface area contributed by atoms with Gasteiger partial charge in [0.1, 0.15) is 0 Å². The van der Waals surface area contributed by atoms with Crippen molar-refractivity contribution < 1.29 is 9.53 Å². The third-order valence-electron chi connectivity index (χ3n) is 4.57. The van der Waals surface area contributed by atoms with Crippen molar-refractivity contribution in [2.75, 3.05) is 12.4 Å². The van der Waals surface area contributed by atoms with Gasteiger partial charge in [-0.2, -0.15) is 0 Å². The summed E-state index contributed by atoms with van der Waals surface area (Å²) in [5.41, 5.74) is -0.376. The molecule has 130 valence electrons. The molecule has 0 aromatic carbocycles. The minimum atomic E-state index is -0.376. The molecule has 0 aliphatic carbocycles. The monoisotopic (exact) mass is 328 g/mol. The molecule has 1 unspecified atom stereocenters. The maximum Gasteiger partial charge on any atom is 0.223 e. The molecule has 0 spiro atoms. The van der Waals surface area contributed by atoms with Gasteiger partial charge in [-0.25, -0.2) is 0 Å². The zero-order chi connectivity index (χ0) is 16.1. The van der Waals surface area contributed by atoms with Crippen LogP contribution in [0.25, 0.3) is 0 Å². The number of thioether (sulfide) groups is 1. The second kappa shape index (κ2) is 12.4. The standard InChI is InChI=1S/C19H36O2S/c1-3-5-6-7-8-9-10-11-12-13-14-15-16-19(17-21-19)18(20)22-4-2/h3-17H2,1-2H3. The predicted molar refractivity (Wildman–Crippen MR) is 97.5 cm³/mol. The first-order valence-corrected chi connectivity index (χ1v) is 10.5. The van der Waals surface area contributed by atoms with Gasteiger partial charge in [0.05, 0.1) is 6.61 Å². The first kappa shape index (κ1) is 20.0. The molecule has 3 heteroatoms. The summed E-state index contributed by atoms with van der Waals surface area (Å²) in [4.78, 5) is 11.9. The van der Waals surface area contributed by atoms with Crippen LogP contribution in [0.5, 0.6) is 0 Å². The van der Waals surface area contributed by atoms with Crippen LogP contribution < -0.4 is 0 Å². The lowest BCUT2D eigenvalue weighted by Gasteiger charge is -2.09. The van der Waals surface area contributed by atoms with Crippen LogP contribution in [0.4, 0.5) is 0 Å². The minimum Gasteiger partial charge on any atom is -0.360 e. The Morgan fingerprint density at radius 2 is 1.32 bits per heavy atom. The van der Waals surface area contributed by atoms with Crippen molar-refractivity contribution in [2.24, 2.45) is 0 Å². The van der Waals surface area contributed by atoms with Crippen molar-refractivity contribution in [3.63, 3.8) is 0 Å². The van der Waals surface area contributed by atoms with E-state index in [0.29, 0.717) is 6.61 Å². The Bertz CT molecular complexity index is 287. The van der Waals surface area contributed by atoms with Crippen LogP contribution in [0, 0.1) is 0 Å². The van der Waals surface area contributed by atoms with Gasteiger partial charge in [-0.15, -0.1) is 0 Å². The molecular formula is C19H36O2S. The number of epoxide rings is 1. The highest BCUT2D eigenvalue weighted by atomic mass is 32.2. The van der Waals surface area contributed by atoms with Crippen molar-refractivity contribution in [3.05, 3.63) is 0 Å². The highest BCUT2D eigenvalue weighted by Gasteiger charge is 2.50. The van der Waals surface area contributed by atoms with E-state index in [2.05, 4.69) is 6.92 Å². The van der Waals surface area contributed by atoms with Crippen LogP contribution in [0.1, 0.15) is 97.3 Å². The third-order valence-corrected chi connectivity index (χ3v) is 5.50.